The van der Waals surface area contributed by atoms with Crippen LogP contribution in [-0.2, 0) is 4.74 Å². The minimum atomic E-state index is -0.703. The Morgan fingerprint density at radius 3 is 2.77 bits per heavy atom. The van der Waals surface area contributed by atoms with Gasteiger partial charge in [0.2, 0.25) is 0 Å². The standard InChI is InChI=1S/C17H23NO4/c1-17(2,3)22-16(21)18-10-9-15(20)14-8-4-6-13(12-14)7-5-11-19/h4,6,8,12,15,19-20H,9-11H2,1-3H3,(H,18,21). The molecule has 0 aliphatic heterocycles. The third-order valence-electron chi connectivity index (χ3n) is 2.67. The Balaban J connectivity index is 2.49. The topological polar surface area (TPSA) is 78.8 Å². The Morgan fingerprint density at radius 2 is 2.14 bits per heavy atom. The minimum absolute atomic E-state index is 0.202. The van der Waals surface area contributed by atoms with E-state index in [2.05, 4.69) is 17.2 Å². The van der Waals surface area contributed by atoms with Crippen molar-refractivity contribution >= 4 is 6.09 Å². The predicted molar refractivity (Wildman–Crippen MR) is 84.2 cm³/mol. The molecule has 120 valence electrons. The lowest BCUT2D eigenvalue weighted by molar-refractivity contribution is 0.0518. The molecule has 0 fully saturated rings. The summed E-state index contributed by atoms with van der Waals surface area (Å²) in [7, 11) is 0. The summed E-state index contributed by atoms with van der Waals surface area (Å²) in [5.74, 6) is 5.35. The Kier molecular flexibility index (Phi) is 6.90. The van der Waals surface area contributed by atoms with E-state index in [9.17, 15) is 9.90 Å². The number of ether oxygens (including phenoxy) is 1. The molecular weight excluding hydrogens is 282 g/mol. The molecule has 0 saturated carbocycles. The highest BCUT2D eigenvalue weighted by atomic mass is 16.6. The van der Waals surface area contributed by atoms with Gasteiger partial charge in [-0.05, 0) is 44.9 Å². The molecule has 1 unspecified atom stereocenters. The summed E-state index contributed by atoms with van der Waals surface area (Å²) in [6.45, 7) is 5.48. The van der Waals surface area contributed by atoms with Crippen molar-refractivity contribution in [1.82, 2.24) is 5.32 Å². The summed E-state index contributed by atoms with van der Waals surface area (Å²) < 4.78 is 5.12. The van der Waals surface area contributed by atoms with Gasteiger partial charge in [-0.15, -0.1) is 0 Å². The summed E-state index contributed by atoms with van der Waals surface area (Å²) in [5, 5.41) is 21.4. The normalized spacial score (nSPS) is 12.0. The summed E-state index contributed by atoms with van der Waals surface area (Å²) in [6, 6.07) is 7.15. The summed E-state index contributed by atoms with van der Waals surface area (Å²) >= 11 is 0. The van der Waals surface area contributed by atoms with E-state index in [1.54, 1.807) is 45.0 Å². The maximum absolute atomic E-state index is 11.5. The number of carbonyl (C=O) groups excluding carboxylic acids is 1. The lowest BCUT2D eigenvalue weighted by Crippen LogP contribution is -2.33. The van der Waals surface area contributed by atoms with Crippen molar-refractivity contribution in [3.05, 3.63) is 35.4 Å². The van der Waals surface area contributed by atoms with E-state index in [1.165, 1.54) is 0 Å². The first kappa shape index (κ1) is 18.0. The van der Waals surface area contributed by atoms with Crippen molar-refractivity contribution in [3.8, 4) is 11.8 Å². The van der Waals surface area contributed by atoms with Crippen LogP contribution < -0.4 is 5.32 Å². The molecule has 0 heterocycles. The molecule has 1 aromatic carbocycles. The van der Waals surface area contributed by atoms with Crippen LogP contribution in [0.2, 0.25) is 0 Å². The molecule has 1 amide bonds. The molecular formula is C17H23NO4. The van der Waals surface area contributed by atoms with Crippen LogP contribution in [0.3, 0.4) is 0 Å². The number of aliphatic hydroxyl groups is 2. The first-order valence-electron chi connectivity index (χ1n) is 7.16. The number of nitrogens with one attached hydrogen (secondary N) is 1. The van der Waals surface area contributed by atoms with Crippen molar-refractivity contribution in [1.29, 1.82) is 0 Å². The van der Waals surface area contributed by atoms with Crippen LogP contribution >= 0.6 is 0 Å². The molecule has 3 N–H and O–H groups in total. The summed E-state index contributed by atoms with van der Waals surface area (Å²) in [5.41, 5.74) is 0.906. The van der Waals surface area contributed by atoms with Gasteiger partial charge in [-0.25, -0.2) is 4.79 Å². The largest absolute Gasteiger partial charge is 0.444 e. The molecule has 0 bridgehead atoms. The van der Waals surface area contributed by atoms with E-state index in [-0.39, 0.29) is 6.61 Å². The number of rotatable bonds is 4. The molecule has 0 radical (unpaired) electrons. The second-order valence-electron chi connectivity index (χ2n) is 5.82. The van der Waals surface area contributed by atoms with E-state index >= 15 is 0 Å². The number of alkyl carbamates (subject to hydrolysis) is 1. The van der Waals surface area contributed by atoms with Crippen LogP contribution in [0.4, 0.5) is 4.79 Å². The van der Waals surface area contributed by atoms with E-state index in [4.69, 9.17) is 9.84 Å². The second kappa shape index (κ2) is 8.42. The van der Waals surface area contributed by atoms with Gasteiger partial charge in [0.05, 0.1) is 6.10 Å². The van der Waals surface area contributed by atoms with Gasteiger partial charge in [0.15, 0.2) is 0 Å². The molecule has 5 heteroatoms. The molecule has 5 nitrogen and oxygen atoms in total. The molecule has 1 atom stereocenters. The van der Waals surface area contributed by atoms with Gasteiger partial charge < -0.3 is 20.3 Å². The van der Waals surface area contributed by atoms with Crippen molar-refractivity contribution in [2.75, 3.05) is 13.2 Å². The first-order chi connectivity index (χ1) is 10.3. The fourth-order valence-corrected chi connectivity index (χ4v) is 1.76. The first-order valence-corrected chi connectivity index (χ1v) is 7.16. The summed E-state index contributed by atoms with van der Waals surface area (Å²) in [6.07, 6.45) is -0.830. The summed E-state index contributed by atoms with van der Waals surface area (Å²) in [4.78, 5) is 11.5. The van der Waals surface area contributed by atoms with Crippen LogP contribution in [0.1, 0.15) is 44.4 Å². The van der Waals surface area contributed by atoms with Gasteiger partial charge in [0.1, 0.15) is 12.2 Å². The van der Waals surface area contributed by atoms with Gasteiger partial charge >= 0.3 is 6.09 Å². The van der Waals surface area contributed by atoms with Crippen molar-refractivity contribution in [3.63, 3.8) is 0 Å². The van der Waals surface area contributed by atoms with Gasteiger partial charge in [-0.1, -0.05) is 24.0 Å². The maximum atomic E-state index is 11.5. The van der Waals surface area contributed by atoms with Crippen LogP contribution in [0.15, 0.2) is 24.3 Å². The quantitative estimate of drug-likeness (QED) is 0.743. The maximum Gasteiger partial charge on any atom is 0.407 e. The van der Waals surface area contributed by atoms with Crippen LogP contribution in [0, 0.1) is 11.8 Å². The number of hydrogen-bond acceptors (Lipinski definition) is 4. The second-order valence-corrected chi connectivity index (χ2v) is 5.82. The zero-order valence-electron chi connectivity index (χ0n) is 13.2. The highest BCUT2D eigenvalue weighted by molar-refractivity contribution is 5.67. The van der Waals surface area contributed by atoms with Crippen molar-refractivity contribution in [2.24, 2.45) is 0 Å². The zero-order valence-corrected chi connectivity index (χ0v) is 13.2. The molecule has 0 aromatic heterocycles. The molecule has 1 aromatic rings. The molecule has 22 heavy (non-hydrogen) atoms. The van der Waals surface area contributed by atoms with Gasteiger partial charge in [0, 0.05) is 12.1 Å². The Labute approximate surface area is 131 Å². The lowest BCUT2D eigenvalue weighted by Gasteiger charge is -2.20. The number of aliphatic hydroxyl groups excluding tert-OH is 2. The van der Waals surface area contributed by atoms with Crippen LogP contribution in [-0.4, -0.2) is 35.1 Å². The third kappa shape index (κ3) is 7.11. The number of benzene rings is 1. The molecule has 1 rings (SSSR count). The Hall–Kier alpha value is -2.03. The number of amides is 1. The van der Waals surface area contributed by atoms with Gasteiger partial charge in [0.25, 0.3) is 0 Å². The lowest BCUT2D eigenvalue weighted by atomic mass is 10.0. The third-order valence-corrected chi connectivity index (χ3v) is 2.67. The number of carbonyl (C=O) groups is 1. The highest BCUT2D eigenvalue weighted by Gasteiger charge is 2.16. The molecule has 0 saturated heterocycles. The zero-order chi connectivity index (χ0) is 16.6. The predicted octanol–water partition coefficient (Wildman–Crippen LogP) is 1.98. The molecule has 0 aliphatic carbocycles. The smallest absolute Gasteiger partial charge is 0.407 e. The Bertz CT molecular complexity index is 552. The van der Waals surface area contributed by atoms with Crippen molar-refractivity contribution < 1.29 is 19.7 Å². The SMILES string of the molecule is CC(C)(C)OC(=O)NCCC(O)c1cccc(C#CCO)c1. The minimum Gasteiger partial charge on any atom is -0.444 e. The Morgan fingerprint density at radius 1 is 1.41 bits per heavy atom. The fraction of sp³-hybridized carbons (Fsp3) is 0.471. The average molecular weight is 305 g/mol. The van der Waals surface area contributed by atoms with Crippen LogP contribution in [0.5, 0.6) is 0 Å². The molecule has 0 spiro atoms. The molecule has 0 aliphatic rings. The van der Waals surface area contributed by atoms with Gasteiger partial charge in [-0.2, -0.15) is 0 Å². The van der Waals surface area contributed by atoms with E-state index in [0.29, 0.717) is 13.0 Å². The van der Waals surface area contributed by atoms with E-state index < -0.39 is 17.8 Å². The monoisotopic (exact) mass is 305 g/mol. The highest BCUT2D eigenvalue weighted by Crippen LogP contribution is 2.17. The fourth-order valence-electron chi connectivity index (χ4n) is 1.76. The van der Waals surface area contributed by atoms with Crippen molar-refractivity contribution in [2.45, 2.75) is 38.9 Å². The average Bonchev–Trinajstić information content (AvgIpc) is 2.43. The van der Waals surface area contributed by atoms with E-state index in [0.717, 1.165) is 11.1 Å². The van der Waals surface area contributed by atoms with Gasteiger partial charge in [-0.3, -0.25) is 0 Å². The van der Waals surface area contributed by atoms with Crippen LogP contribution in [0.25, 0.3) is 0 Å². The number of hydrogen-bond donors (Lipinski definition) is 3. The van der Waals surface area contributed by atoms with E-state index in [1.807, 2.05) is 0 Å².